The zero-order valence-corrected chi connectivity index (χ0v) is 12.3. The van der Waals surface area contributed by atoms with Gasteiger partial charge in [-0.05, 0) is 35.7 Å². The van der Waals surface area contributed by atoms with Crippen LogP contribution in [0.5, 0.6) is 0 Å². The second-order valence-corrected chi connectivity index (χ2v) is 4.91. The lowest BCUT2D eigenvalue weighted by atomic mass is 10.1. The van der Waals surface area contributed by atoms with Gasteiger partial charge in [0.15, 0.2) is 0 Å². The number of nitriles is 1. The zero-order valence-electron chi connectivity index (χ0n) is 11.5. The molecule has 0 bridgehead atoms. The molecule has 2 aromatic rings. The summed E-state index contributed by atoms with van der Waals surface area (Å²) >= 11 is 5.92. The van der Waals surface area contributed by atoms with E-state index in [1.54, 1.807) is 42.7 Å². The Balaban J connectivity index is 2.23. The second-order valence-electron chi connectivity index (χ2n) is 4.48. The highest BCUT2D eigenvalue weighted by Gasteiger charge is 2.17. The van der Waals surface area contributed by atoms with E-state index in [1.807, 2.05) is 6.92 Å². The largest absolute Gasteiger partial charge is 0.332 e. The van der Waals surface area contributed by atoms with Crippen LogP contribution in [0, 0.1) is 11.3 Å². The zero-order chi connectivity index (χ0) is 15.2. The van der Waals surface area contributed by atoms with Gasteiger partial charge in [-0.25, -0.2) is 0 Å². The summed E-state index contributed by atoms with van der Waals surface area (Å²) in [6.45, 7) is 1.95. The number of carbonyl (C=O) groups excluding carboxylic acids is 1. The molecule has 21 heavy (non-hydrogen) atoms. The number of nitrogens with zero attached hydrogens (tertiary/aromatic N) is 2. The van der Waals surface area contributed by atoms with E-state index in [4.69, 9.17) is 11.6 Å². The van der Waals surface area contributed by atoms with Crippen molar-refractivity contribution in [1.82, 2.24) is 10.3 Å². The van der Waals surface area contributed by atoms with E-state index in [1.165, 1.54) is 0 Å². The van der Waals surface area contributed by atoms with E-state index in [-0.39, 0.29) is 5.91 Å². The van der Waals surface area contributed by atoms with Crippen molar-refractivity contribution in [2.45, 2.75) is 19.4 Å². The Morgan fingerprint density at radius 2 is 2.29 bits per heavy atom. The number of rotatable bonds is 4. The normalized spacial score (nSPS) is 11.5. The predicted molar refractivity (Wildman–Crippen MR) is 80.9 cm³/mol. The van der Waals surface area contributed by atoms with Gasteiger partial charge in [0.1, 0.15) is 6.04 Å². The molecule has 5 heteroatoms. The summed E-state index contributed by atoms with van der Waals surface area (Å²) in [5.74, 6) is -0.291. The van der Waals surface area contributed by atoms with Crippen molar-refractivity contribution < 1.29 is 4.79 Å². The average molecular weight is 300 g/mol. The van der Waals surface area contributed by atoms with Crippen molar-refractivity contribution in [1.29, 1.82) is 5.26 Å². The van der Waals surface area contributed by atoms with Crippen LogP contribution in [0.1, 0.15) is 34.5 Å². The molecule has 0 aliphatic carbocycles. The minimum absolute atomic E-state index is 0.291. The highest BCUT2D eigenvalue weighted by Crippen LogP contribution is 2.18. The number of aryl methyl sites for hydroxylation is 1. The van der Waals surface area contributed by atoms with E-state index in [2.05, 4.69) is 16.4 Å². The molecule has 1 aromatic heterocycles. The molecule has 0 fully saturated rings. The van der Waals surface area contributed by atoms with E-state index in [0.29, 0.717) is 22.6 Å². The third-order valence-corrected chi connectivity index (χ3v) is 3.35. The van der Waals surface area contributed by atoms with E-state index >= 15 is 0 Å². The fourth-order valence-corrected chi connectivity index (χ4v) is 2.21. The molecule has 0 aliphatic rings. The Labute approximate surface area is 128 Å². The highest BCUT2D eigenvalue weighted by molar-refractivity contribution is 6.30. The Morgan fingerprint density at radius 3 is 2.95 bits per heavy atom. The summed E-state index contributed by atoms with van der Waals surface area (Å²) in [4.78, 5) is 16.3. The molecule has 4 nitrogen and oxygen atoms in total. The van der Waals surface area contributed by atoms with Gasteiger partial charge < -0.3 is 5.32 Å². The number of nitrogens with one attached hydrogen (secondary N) is 1. The molecule has 1 atom stereocenters. The average Bonchev–Trinajstić information content (AvgIpc) is 2.52. The molecule has 0 aliphatic heterocycles. The number of aromatic nitrogens is 1. The molecule has 1 amide bonds. The predicted octanol–water partition coefficient (Wildman–Crippen LogP) is 3.29. The first kappa shape index (κ1) is 15.0. The molecule has 1 aromatic carbocycles. The first-order valence-corrected chi connectivity index (χ1v) is 6.92. The lowest BCUT2D eigenvalue weighted by Gasteiger charge is -2.13. The van der Waals surface area contributed by atoms with Gasteiger partial charge in [-0.15, -0.1) is 0 Å². The van der Waals surface area contributed by atoms with E-state index in [0.717, 1.165) is 5.56 Å². The van der Waals surface area contributed by atoms with Crippen molar-refractivity contribution in [3.05, 3.63) is 64.4 Å². The molecule has 2 rings (SSSR count). The summed E-state index contributed by atoms with van der Waals surface area (Å²) in [7, 11) is 0. The summed E-state index contributed by atoms with van der Waals surface area (Å²) in [6, 6.07) is 9.89. The number of amides is 1. The summed E-state index contributed by atoms with van der Waals surface area (Å²) in [5, 5.41) is 12.5. The van der Waals surface area contributed by atoms with Crippen LogP contribution in [0.25, 0.3) is 0 Å². The molecular weight excluding hydrogens is 286 g/mol. The lowest BCUT2D eigenvalue weighted by Crippen LogP contribution is -2.28. The molecule has 106 valence electrons. The lowest BCUT2D eigenvalue weighted by molar-refractivity contribution is 0.0944. The minimum atomic E-state index is -0.742. The fourth-order valence-electron chi connectivity index (χ4n) is 2.02. The van der Waals surface area contributed by atoms with Crippen LogP contribution in [0.4, 0.5) is 0 Å². The van der Waals surface area contributed by atoms with Gasteiger partial charge in [0.2, 0.25) is 0 Å². The smallest absolute Gasteiger partial charge is 0.252 e. The maximum atomic E-state index is 12.3. The first-order valence-electron chi connectivity index (χ1n) is 6.54. The van der Waals surface area contributed by atoms with Crippen LogP contribution >= 0.6 is 11.6 Å². The highest BCUT2D eigenvalue weighted by atomic mass is 35.5. The number of pyridine rings is 1. The Morgan fingerprint density at radius 1 is 1.48 bits per heavy atom. The first-order chi connectivity index (χ1) is 10.2. The molecule has 0 unspecified atom stereocenters. The minimum Gasteiger partial charge on any atom is -0.332 e. The van der Waals surface area contributed by atoms with Gasteiger partial charge in [0, 0.05) is 23.0 Å². The SMILES string of the molecule is CCc1cnccc1C(=O)N[C@@H](C#N)c1cccc(Cl)c1. The van der Waals surface area contributed by atoms with Gasteiger partial charge in [-0.1, -0.05) is 30.7 Å². The Kier molecular flexibility index (Phi) is 4.91. The van der Waals surface area contributed by atoms with Crippen molar-refractivity contribution in [2.24, 2.45) is 0 Å². The van der Waals surface area contributed by atoms with Crippen molar-refractivity contribution in [3.8, 4) is 6.07 Å². The molecule has 1 heterocycles. The van der Waals surface area contributed by atoms with E-state index in [9.17, 15) is 10.1 Å². The van der Waals surface area contributed by atoms with Crippen LogP contribution in [0.2, 0.25) is 5.02 Å². The van der Waals surface area contributed by atoms with Crippen LogP contribution in [-0.4, -0.2) is 10.9 Å². The maximum absolute atomic E-state index is 12.3. The van der Waals surface area contributed by atoms with Crippen molar-refractivity contribution in [2.75, 3.05) is 0 Å². The maximum Gasteiger partial charge on any atom is 0.252 e. The van der Waals surface area contributed by atoms with Crippen LogP contribution in [0.15, 0.2) is 42.7 Å². The van der Waals surface area contributed by atoms with Gasteiger partial charge in [0.05, 0.1) is 6.07 Å². The molecule has 0 radical (unpaired) electrons. The fraction of sp³-hybridized carbons (Fsp3) is 0.188. The number of benzene rings is 1. The van der Waals surface area contributed by atoms with E-state index < -0.39 is 6.04 Å². The Hall–Kier alpha value is -2.38. The van der Waals surface area contributed by atoms with Gasteiger partial charge in [-0.3, -0.25) is 9.78 Å². The molecule has 0 spiro atoms. The van der Waals surface area contributed by atoms with Gasteiger partial charge in [-0.2, -0.15) is 5.26 Å². The monoisotopic (exact) mass is 299 g/mol. The van der Waals surface area contributed by atoms with Crippen LogP contribution in [-0.2, 0) is 6.42 Å². The second kappa shape index (κ2) is 6.87. The number of hydrogen-bond acceptors (Lipinski definition) is 3. The van der Waals surface area contributed by atoms with Crippen molar-refractivity contribution in [3.63, 3.8) is 0 Å². The number of hydrogen-bond donors (Lipinski definition) is 1. The molecular formula is C16H14ClN3O. The molecule has 1 N–H and O–H groups in total. The molecule has 0 saturated heterocycles. The third-order valence-electron chi connectivity index (χ3n) is 3.12. The Bertz CT molecular complexity index is 694. The number of carbonyl (C=O) groups is 1. The van der Waals surface area contributed by atoms with Gasteiger partial charge >= 0.3 is 0 Å². The summed E-state index contributed by atoms with van der Waals surface area (Å²) in [6.07, 6.45) is 3.93. The standard InChI is InChI=1S/C16H14ClN3O/c1-2-11-10-19-7-6-14(11)16(21)20-15(9-18)12-4-3-5-13(17)8-12/h3-8,10,15H,2H2,1H3,(H,20,21)/t15-/m0/s1. The molecule has 0 saturated carbocycles. The summed E-state index contributed by atoms with van der Waals surface area (Å²) in [5.41, 5.74) is 2.04. The van der Waals surface area contributed by atoms with Gasteiger partial charge in [0.25, 0.3) is 5.91 Å². The number of halogens is 1. The third kappa shape index (κ3) is 3.59. The topological polar surface area (TPSA) is 65.8 Å². The quantitative estimate of drug-likeness (QED) is 0.942. The van der Waals surface area contributed by atoms with Crippen LogP contribution < -0.4 is 5.32 Å². The van der Waals surface area contributed by atoms with Crippen molar-refractivity contribution >= 4 is 17.5 Å². The summed E-state index contributed by atoms with van der Waals surface area (Å²) < 4.78 is 0. The van der Waals surface area contributed by atoms with Crippen LogP contribution in [0.3, 0.4) is 0 Å².